The van der Waals surface area contributed by atoms with Crippen molar-refractivity contribution in [2.45, 2.75) is 34.2 Å². The number of benzene rings is 1. The normalized spacial score (nSPS) is 19.2. The second-order valence-electron chi connectivity index (χ2n) is 8.68. The van der Waals surface area contributed by atoms with Crippen LogP contribution in [-0.2, 0) is 6.54 Å². The Morgan fingerprint density at radius 1 is 1.03 bits per heavy atom. The van der Waals surface area contributed by atoms with Gasteiger partial charge in [0.1, 0.15) is 45.0 Å². The summed E-state index contributed by atoms with van der Waals surface area (Å²) >= 11 is 0. The van der Waals surface area contributed by atoms with Crippen molar-refractivity contribution in [3.05, 3.63) is 70.2 Å². The number of hydrogen-bond donors (Lipinski definition) is 2. The average Bonchev–Trinajstić information content (AvgIpc) is 3.25. The van der Waals surface area contributed by atoms with Gasteiger partial charge >= 0.3 is 0 Å². The molecule has 158 valence electrons. The molecule has 0 atom stereocenters. The number of aryl methyl sites for hydroxylation is 3. The van der Waals surface area contributed by atoms with Gasteiger partial charge < -0.3 is 14.3 Å². The fraction of sp³-hybridized carbons (Fsp3) is 0.417. The van der Waals surface area contributed by atoms with Crippen LogP contribution in [0.25, 0.3) is 5.82 Å². The molecule has 2 aromatic heterocycles. The minimum Gasteiger partial charge on any atom is -0.360 e. The van der Waals surface area contributed by atoms with Crippen molar-refractivity contribution in [1.82, 2.24) is 9.72 Å². The molecule has 1 aromatic carbocycles. The van der Waals surface area contributed by atoms with Crippen LogP contribution in [0.1, 0.15) is 38.6 Å². The summed E-state index contributed by atoms with van der Waals surface area (Å²) in [4.78, 5) is 16.1. The topological polar surface area (TPSA) is 56.9 Å². The number of carbonyl (C=O) groups excluding carboxylic acids is 1. The quantitative estimate of drug-likeness (QED) is 0.595. The molecular formula is C24H32N4O2+2. The highest BCUT2D eigenvalue weighted by molar-refractivity contribution is 5.98. The molecular weight excluding hydrogens is 376 g/mol. The molecule has 6 nitrogen and oxygen atoms in total. The number of Topliss-reactive ketones (excluding diaryl/α,β-unsaturated/α-hetero) is 1. The van der Waals surface area contributed by atoms with Gasteiger partial charge in [0.2, 0.25) is 5.78 Å². The number of quaternary nitrogens is 2. The maximum atomic E-state index is 13.1. The molecule has 3 aromatic rings. The number of piperazine rings is 1. The fourth-order valence-electron chi connectivity index (χ4n) is 4.60. The third-order valence-corrected chi connectivity index (χ3v) is 6.19. The van der Waals surface area contributed by atoms with Crippen molar-refractivity contribution in [2.75, 3.05) is 32.7 Å². The molecule has 4 rings (SSSR count). The van der Waals surface area contributed by atoms with E-state index in [0.29, 0.717) is 6.54 Å². The van der Waals surface area contributed by atoms with Crippen LogP contribution in [-0.4, -0.2) is 48.2 Å². The molecule has 1 saturated heterocycles. The first-order chi connectivity index (χ1) is 14.4. The predicted molar refractivity (Wildman–Crippen MR) is 116 cm³/mol. The molecule has 0 aliphatic carbocycles. The summed E-state index contributed by atoms with van der Waals surface area (Å²) in [5.74, 6) is 1.72. The van der Waals surface area contributed by atoms with Crippen molar-refractivity contribution in [2.24, 2.45) is 0 Å². The summed E-state index contributed by atoms with van der Waals surface area (Å²) < 4.78 is 7.22. The lowest BCUT2D eigenvalue weighted by atomic mass is 10.1. The van der Waals surface area contributed by atoms with Crippen molar-refractivity contribution < 1.29 is 19.1 Å². The average molecular weight is 409 g/mol. The van der Waals surface area contributed by atoms with Crippen LogP contribution in [0.15, 0.2) is 40.9 Å². The van der Waals surface area contributed by atoms with Gasteiger partial charge in [-0.15, -0.1) is 0 Å². The van der Waals surface area contributed by atoms with Crippen LogP contribution < -0.4 is 9.80 Å². The Labute approximate surface area is 178 Å². The lowest BCUT2D eigenvalue weighted by Gasteiger charge is -2.29. The summed E-state index contributed by atoms with van der Waals surface area (Å²) in [6.45, 7) is 13.9. The molecule has 0 radical (unpaired) electrons. The Kier molecular flexibility index (Phi) is 5.88. The van der Waals surface area contributed by atoms with E-state index in [0.717, 1.165) is 61.3 Å². The number of aromatic nitrogens is 2. The van der Waals surface area contributed by atoms with E-state index in [-0.39, 0.29) is 5.78 Å². The van der Waals surface area contributed by atoms with Crippen molar-refractivity contribution in [1.29, 1.82) is 0 Å². The summed E-state index contributed by atoms with van der Waals surface area (Å²) in [7, 11) is 0. The van der Waals surface area contributed by atoms with Gasteiger partial charge in [-0.2, -0.15) is 0 Å². The highest BCUT2D eigenvalue weighted by atomic mass is 16.5. The van der Waals surface area contributed by atoms with E-state index in [4.69, 9.17) is 4.52 Å². The monoisotopic (exact) mass is 408 g/mol. The molecule has 6 heteroatoms. The maximum Gasteiger partial charge on any atom is 0.218 e. The first-order valence-corrected chi connectivity index (χ1v) is 10.8. The molecule has 2 N–H and O–H groups in total. The van der Waals surface area contributed by atoms with Crippen LogP contribution in [0.3, 0.4) is 0 Å². The second kappa shape index (κ2) is 8.58. The molecule has 1 fully saturated rings. The smallest absolute Gasteiger partial charge is 0.218 e. The summed E-state index contributed by atoms with van der Waals surface area (Å²) in [6.07, 6.45) is 0. The number of rotatable bonds is 6. The van der Waals surface area contributed by atoms with E-state index >= 15 is 0 Å². The van der Waals surface area contributed by atoms with E-state index in [1.54, 1.807) is 4.90 Å². The standard InChI is InChI=1S/C24H30N4O2/c1-17-6-5-7-21(12-17)15-26-8-10-27(11-9-26)16-23(29)22-13-18(2)28(20(22)4)24-14-19(3)30-25-24/h5-7,12-14H,8-11,15-16H2,1-4H3/p+2. The van der Waals surface area contributed by atoms with E-state index in [1.165, 1.54) is 16.0 Å². The van der Waals surface area contributed by atoms with Crippen LogP contribution >= 0.6 is 0 Å². The van der Waals surface area contributed by atoms with Gasteiger partial charge in [-0.25, -0.2) is 0 Å². The van der Waals surface area contributed by atoms with Crippen molar-refractivity contribution in [3.63, 3.8) is 0 Å². The maximum absolute atomic E-state index is 13.1. The Hall–Kier alpha value is -2.70. The summed E-state index contributed by atoms with van der Waals surface area (Å²) in [6, 6.07) is 12.7. The van der Waals surface area contributed by atoms with Crippen LogP contribution in [0, 0.1) is 27.7 Å². The minimum absolute atomic E-state index is 0.215. The molecule has 0 amide bonds. The third-order valence-electron chi connectivity index (χ3n) is 6.19. The molecule has 1 aliphatic rings. The summed E-state index contributed by atoms with van der Waals surface area (Å²) in [5, 5.41) is 4.11. The Bertz CT molecular complexity index is 1040. The Balaban J connectivity index is 1.36. The zero-order valence-corrected chi connectivity index (χ0v) is 18.4. The lowest BCUT2D eigenvalue weighted by molar-refractivity contribution is -1.01. The van der Waals surface area contributed by atoms with E-state index in [9.17, 15) is 4.79 Å². The van der Waals surface area contributed by atoms with E-state index < -0.39 is 0 Å². The van der Waals surface area contributed by atoms with Gasteiger partial charge in [-0.05, 0) is 33.8 Å². The van der Waals surface area contributed by atoms with E-state index in [1.807, 2.05) is 37.5 Å². The predicted octanol–water partition coefficient (Wildman–Crippen LogP) is 0.865. The Morgan fingerprint density at radius 2 is 1.77 bits per heavy atom. The molecule has 0 saturated carbocycles. The lowest BCUT2D eigenvalue weighted by Crippen LogP contribution is -3.27. The largest absolute Gasteiger partial charge is 0.360 e. The highest BCUT2D eigenvalue weighted by Gasteiger charge is 2.27. The van der Waals surface area contributed by atoms with E-state index in [2.05, 4.69) is 36.3 Å². The number of ketones is 1. The van der Waals surface area contributed by atoms with Gasteiger partial charge in [-0.1, -0.05) is 35.0 Å². The van der Waals surface area contributed by atoms with Gasteiger partial charge in [0.15, 0.2) is 5.82 Å². The highest BCUT2D eigenvalue weighted by Crippen LogP contribution is 2.20. The van der Waals surface area contributed by atoms with Crippen LogP contribution in [0.5, 0.6) is 0 Å². The molecule has 1 aliphatic heterocycles. The molecule has 0 spiro atoms. The first kappa shape index (κ1) is 20.6. The van der Waals surface area contributed by atoms with Gasteiger partial charge in [0.25, 0.3) is 0 Å². The van der Waals surface area contributed by atoms with Gasteiger partial charge in [-0.3, -0.25) is 9.36 Å². The zero-order valence-electron chi connectivity index (χ0n) is 18.4. The first-order valence-electron chi connectivity index (χ1n) is 10.8. The molecule has 3 heterocycles. The van der Waals surface area contributed by atoms with Crippen LogP contribution in [0.4, 0.5) is 0 Å². The molecule has 0 bridgehead atoms. The van der Waals surface area contributed by atoms with Crippen molar-refractivity contribution in [3.8, 4) is 5.82 Å². The van der Waals surface area contributed by atoms with Gasteiger partial charge in [0, 0.05) is 28.6 Å². The summed E-state index contributed by atoms with van der Waals surface area (Å²) in [5.41, 5.74) is 5.47. The van der Waals surface area contributed by atoms with Crippen LogP contribution in [0.2, 0.25) is 0 Å². The van der Waals surface area contributed by atoms with Crippen molar-refractivity contribution >= 4 is 5.78 Å². The number of nitrogens with one attached hydrogen (secondary N) is 2. The zero-order chi connectivity index (χ0) is 21.3. The number of nitrogens with zero attached hydrogens (tertiary/aromatic N) is 2. The second-order valence-corrected chi connectivity index (χ2v) is 8.68. The number of hydrogen-bond acceptors (Lipinski definition) is 3. The van der Waals surface area contributed by atoms with Gasteiger partial charge in [0.05, 0.1) is 0 Å². The molecule has 0 unspecified atom stereocenters. The SMILES string of the molecule is Cc1cccc(C[NH+]2CC[NH+](CC(=O)c3cc(C)n(-c4cc(C)on4)c3C)CC2)c1. The minimum atomic E-state index is 0.215. The fourth-order valence-corrected chi connectivity index (χ4v) is 4.60. The third kappa shape index (κ3) is 4.40. The Morgan fingerprint density at radius 3 is 2.43 bits per heavy atom. The number of carbonyl (C=O) groups is 1. The molecule has 30 heavy (non-hydrogen) atoms.